The minimum atomic E-state index is -1.22. The van der Waals surface area contributed by atoms with Gasteiger partial charge in [-0.1, -0.05) is 32.0 Å². The Morgan fingerprint density at radius 1 is 1.00 bits per heavy atom. The molecule has 0 atom stereocenters. The summed E-state index contributed by atoms with van der Waals surface area (Å²) in [6.45, 7) is 3.85. The third-order valence-electron chi connectivity index (χ3n) is 5.30. The van der Waals surface area contributed by atoms with Gasteiger partial charge < -0.3 is 10.3 Å². The second-order valence-corrected chi connectivity index (χ2v) is 7.40. The summed E-state index contributed by atoms with van der Waals surface area (Å²) in [7, 11) is 0. The Kier molecular flexibility index (Phi) is 4.57. The highest BCUT2D eigenvalue weighted by Gasteiger charge is 2.20. The van der Waals surface area contributed by atoms with E-state index in [9.17, 15) is 18.0 Å². The van der Waals surface area contributed by atoms with Gasteiger partial charge in [0.05, 0.1) is 12.1 Å². The van der Waals surface area contributed by atoms with E-state index in [2.05, 4.69) is 0 Å². The van der Waals surface area contributed by atoms with Crippen molar-refractivity contribution >= 4 is 27.7 Å². The normalized spacial score (nSPS) is 11.7. The van der Waals surface area contributed by atoms with Gasteiger partial charge in [0.25, 0.3) is 0 Å². The molecule has 4 rings (SSSR count). The fourth-order valence-electron chi connectivity index (χ4n) is 3.77. The molecule has 0 saturated carbocycles. The Hall–Kier alpha value is -3.28. The molecule has 0 fully saturated rings. The van der Waals surface area contributed by atoms with Gasteiger partial charge >= 0.3 is 0 Å². The van der Waals surface area contributed by atoms with Crippen molar-refractivity contribution in [2.75, 3.05) is 0 Å². The number of halogens is 3. The van der Waals surface area contributed by atoms with Crippen LogP contribution in [0.4, 0.5) is 13.2 Å². The number of nitrogens with zero attached hydrogens (tertiary/aromatic N) is 1. The molecular weight excluding hydrogens is 377 g/mol. The first-order chi connectivity index (χ1) is 13.8. The molecule has 0 aliphatic carbocycles. The number of hydrogen-bond donors (Lipinski definition) is 1. The molecule has 1 amide bonds. The quantitative estimate of drug-likeness (QED) is 0.456. The number of rotatable bonds is 4. The maximum atomic E-state index is 14.4. The van der Waals surface area contributed by atoms with Crippen LogP contribution >= 0.6 is 0 Å². The Bertz CT molecular complexity index is 1270. The number of hydrogen-bond acceptors (Lipinski definition) is 1. The number of carbonyl (C=O) groups is 1. The zero-order chi connectivity index (χ0) is 20.9. The van der Waals surface area contributed by atoms with Gasteiger partial charge in [-0.05, 0) is 41.8 Å². The first-order valence-corrected chi connectivity index (χ1v) is 9.26. The lowest BCUT2D eigenvalue weighted by molar-refractivity contribution is 0.100. The van der Waals surface area contributed by atoms with E-state index in [1.807, 2.05) is 32.0 Å². The van der Waals surface area contributed by atoms with Crippen molar-refractivity contribution in [3.63, 3.8) is 0 Å². The van der Waals surface area contributed by atoms with Crippen LogP contribution in [0.3, 0.4) is 0 Å². The van der Waals surface area contributed by atoms with E-state index < -0.39 is 23.4 Å². The molecule has 0 radical (unpaired) electrons. The van der Waals surface area contributed by atoms with E-state index in [4.69, 9.17) is 5.73 Å². The standard InChI is InChI=1S/C23H19F3N2O/c1-12(2)13-6-7-14-20(10-13)28(11-16-17(24)8-9-18(25)22(16)26)19-5-3-4-15(21(14)19)23(27)29/h3-10,12H,11H2,1-2H3,(H2,27,29). The van der Waals surface area contributed by atoms with Gasteiger partial charge in [-0.3, -0.25) is 4.79 Å². The van der Waals surface area contributed by atoms with E-state index in [0.29, 0.717) is 22.0 Å². The smallest absolute Gasteiger partial charge is 0.249 e. The van der Waals surface area contributed by atoms with Gasteiger partial charge in [-0.2, -0.15) is 0 Å². The zero-order valence-corrected chi connectivity index (χ0v) is 16.0. The lowest BCUT2D eigenvalue weighted by Gasteiger charge is -2.12. The van der Waals surface area contributed by atoms with Crippen molar-refractivity contribution in [2.45, 2.75) is 26.3 Å². The Labute approximate surface area is 165 Å². The van der Waals surface area contributed by atoms with Crippen molar-refractivity contribution in [1.29, 1.82) is 0 Å². The molecule has 0 unspecified atom stereocenters. The van der Waals surface area contributed by atoms with Crippen LogP contribution in [0, 0.1) is 17.5 Å². The second kappa shape index (κ2) is 6.95. The van der Waals surface area contributed by atoms with Crippen LogP contribution in [-0.2, 0) is 6.54 Å². The third-order valence-corrected chi connectivity index (χ3v) is 5.30. The predicted octanol–water partition coefficient (Wildman–Crippen LogP) is 5.48. The van der Waals surface area contributed by atoms with Crippen LogP contribution in [-0.4, -0.2) is 10.5 Å². The summed E-state index contributed by atoms with van der Waals surface area (Å²) in [6, 6.07) is 12.5. The lowest BCUT2D eigenvalue weighted by Crippen LogP contribution is -2.11. The van der Waals surface area contributed by atoms with Gasteiger partial charge in [0.2, 0.25) is 5.91 Å². The number of aromatic nitrogens is 1. The summed E-state index contributed by atoms with van der Waals surface area (Å²) >= 11 is 0. The summed E-state index contributed by atoms with van der Waals surface area (Å²) in [5.41, 5.74) is 7.84. The minimum absolute atomic E-state index is 0.223. The van der Waals surface area contributed by atoms with Crippen LogP contribution in [0.15, 0.2) is 48.5 Å². The average molecular weight is 396 g/mol. The molecule has 148 valence electrons. The summed E-state index contributed by atoms with van der Waals surface area (Å²) in [5.74, 6) is -3.52. The molecule has 3 nitrogen and oxygen atoms in total. The van der Waals surface area contributed by atoms with E-state index in [-0.39, 0.29) is 18.0 Å². The highest BCUT2D eigenvalue weighted by molar-refractivity contribution is 6.18. The molecule has 1 aromatic heterocycles. The second-order valence-electron chi connectivity index (χ2n) is 7.40. The molecule has 1 heterocycles. The molecule has 2 N–H and O–H groups in total. The highest BCUT2D eigenvalue weighted by atomic mass is 19.2. The van der Waals surface area contributed by atoms with E-state index >= 15 is 0 Å². The van der Waals surface area contributed by atoms with Gasteiger partial charge in [0, 0.05) is 27.4 Å². The molecule has 29 heavy (non-hydrogen) atoms. The number of nitrogens with two attached hydrogens (primary N) is 1. The lowest BCUT2D eigenvalue weighted by atomic mass is 10.00. The highest BCUT2D eigenvalue weighted by Crippen LogP contribution is 2.34. The maximum absolute atomic E-state index is 14.4. The number of amides is 1. The molecule has 0 saturated heterocycles. The Morgan fingerprint density at radius 2 is 1.72 bits per heavy atom. The SMILES string of the molecule is CC(C)c1ccc2c3c(C(N)=O)cccc3n(Cc3c(F)ccc(F)c3F)c2c1. The number of benzene rings is 3. The van der Waals surface area contributed by atoms with Gasteiger partial charge in [0.15, 0.2) is 11.6 Å². The average Bonchev–Trinajstić information content (AvgIpc) is 3.01. The van der Waals surface area contributed by atoms with Crippen LogP contribution in [0.25, 0.3) is 21.8 Å². The number of carbonyl (C=O) groups excluding carboxylic acids is 1. The predicted molar refractivity (Wildman–Crippen MR) is 107 cm³/mol. The van der Waals surface area contributed by atoms with Gasteiger partial charge in [-0.15, -0.1) is 0 Å². The Balaban J connectivity index is 2.08. The van der Waals surface area contributed by atoms with Gasteiger partial charge in [-0.25, -0.2) is 13.2 Å². The molecule has 0 spiro atoms. The van der Waals surface area contributed by atoms with Crippen molar-refractivity contribution in [2.24, 2.45) is 5.73 Å². The van der Waals surface area contributed by atoms with E-state index in [1.165, 1.54) is 0 Å². The molecular formula is C23H19F3N2O. The maximum Gasteiger partial charge on any atom is 0.249 e. The van der Waals surface area contributed by atoms with E-state index in [1.54, 1.807) is 22.8 Å². The van der Waals surface area contributed by atoms with E-state index in [0.717, 1.165) is 23.1 Å². The molecule has 0 aliphatic rings. The largest absolute Gasteiger partial charge is 0.366 e. The molecule has 0 bridgehead atoms. The van der Waals surface area contributed by atoms with Crippen LogP contribution in [0.2, 0.25) is 0 Å². The van der Waals surface area contributed by atoms with Crippen LogP contribution in [0.1, 0.15) is 41.3 Å². The number of primary amides is 1. The summed E-state index contributed by atoms with van der Waals surface area (Å²) in [4.78, 5) is 12.0. The van der Waals surface area contributed by atoms with Crippen molar-refractivity contribution in [3.05, 3.63) is 82.7 Å². The van der Waals surface area contributed by atoms with Crippen molar-refractivity contribution in [1.82, 2.24) is 4.57 Å². The summed E-state index contributed by atoms with van der Waals surface area (Å²) in [6.07, 6.45) is 0. The molecule has 0 aliphatic heterocycles. The minimum Gasteiger partial charge on any atom is -0.366 e. The topological polar surface area (TPSA) is 48.0 Å². The molecule has 6 heteroatoms. The fraction of sp³-hybridized carbons (Fsp3) is 0.174. The monoisotopic (exact) mass is 396 g/mol. The third kappa shape index (κ3) is 3.05. The zero-order valence-electron chi connectivity index (χ0n) is 16.0. The molecule has 4 aromatic rings. The Morgan fingerprint density at radius 3 is 2.41 bits per heavy atom. The summed E-state index contributed by atoms with van der Waals surface area (Å²) < 4.78 is 44.2. The van der Waals surface area contributed by atoms with Crippen LogP contribution < -0.4 is 5.73 Å². The number of fused-ring (bicyclic) bond motifs is 3. The summed E-state index contributed by atoms with van der Waals surface area (Å²) in [5, 5.41) is 1.36. The first kappa shape index (κ1) is 19.1. The fourth-order valence-corrected chi connectivity index (χ4v) is 3.77. The van der Waals surface area contributed by atoms with Crippen LogP contribution in [0.5, 0.6) is 0 Å². The van der Waals surface area contributed by atoms with Gasteiger partial charge in [0.1, 0.15) is 5.82 Å². The van der Waals surface area contributed by atoms with Crippen molar-refractivity contribution < 1.29 is 18.0 Å². The molecule has 3 aromatic carbocycles. The first-order valence-electron chi connectivity index (χ1n) is 9.26. The van der Waals surface area contributed by atoms with Crippen molar-refractivity contribution in [3.8, 4) is 0 Å².